The van der Waals surface area contributed by atoms with Crippen LogP contribution < -0.4 is 0 Å². The SMILES string of the molecule is CC1OC2(c3ccc(Cl)cc3)OCC1(C(C)(C)C)CO2. The third kappa shape index (κ3) is 1.92. The molecule has 3 heterocycles. The first kappa shape index (κ1) is 14.3. The fourth-order valence-electron chi connectivity index (χ4n) is 3.11. The van der Waals surface area contributed by atoms with Crippen LogP contribution in [0.4, 0.5) is 0 Å². The second-order valence-corrected chi connectivity index (χ2v) is 7.24. The Morgan fingerprint density at radius 2 is 1.65 bits per heavy atom. The van der Waals surface area contributed by atoms with Gasteiger partial charge in [0.25, 0.3) is 0 Å². The summed E-state index contributed by atoms with van der Waals surface area (Å²) in [5, 5.41) is 0.689. The molecular weight excluding hydrogens is 276 g/mol. The lowest BCUT2D eigenvalue weighted by molar-refractivity contribution is -0.507. The highest BCUT2D eigenvalue weighted by Crippen LogP contribution is 2.55. The zero-order valence-corrected chi connectivity index (χ0v) is 13.2. The highest BCUT2D eigenvalue weighted by atomic mass is 35.5. The summed E-state index contributed by atoms with van der Waals surface area (Å²) in [6.07, 6.45) is 0.0701. The first-order chi connectivity index (χ1) is 9.29. The minimum Gasteiger partial charge on any atom is -0.323 e. The molecule has 3 aliphatic heterocycles. The van der Waals surface area contributed by atoms with E-state index in [0.29, 0.717) is 18.2 Å². The van der Waals surface area contributed by atoms with Crippen LogP contribution in [-0.2, 0) is 20.2 Å². The Kier molecular flexibility index (Phi) is 3.18. The van der Waals surface area contributed by atoms with Crippen molar-refractivity contribution < 1.29 is 14.2 Å². The van der Waals surface area contributed by atoms with Crippen molar-refractivity contribution >= 4 is 11.6 Å². The number of benzene rings is 1. The van der Waals surface area contributed by atoms with Crippen molar-refractivity contribution in [3.8, 4) is 0 Å². The van der Waals surface area contributed by atoms with Crippen molar-refractivity contribution in [3.05, 3.63) is 34.9 Å². The summed E-state index contributed by atoms with van der Waals surface area (Å²) < 4.78 is 18.1. The van der Waals surface area contributed by atoms with Crippen molar-refractivity contribution in [1.82, 2.24) is 0 Å². The Hall–Kier alpha value is -0.610. The fourth-order valence-corrected chi connectivity index (χ4v) is 3.24. The molecule has 110 valence electrons. The molecule has 1 aromatic rings. The monoisotopic (exact) mass is 296 g/mol. The molecule has 1 aromatic carbocycles. The van der Waals surface area contributed by atoms with E-state index >= 15 is 0 Å². The van der Waals surface area contributed by atoms with Gasteiger partial charge in [-0.15, -0.1) is 0 Å². The molecule has 3 aliphatic rings. The molecule has 0 saturated carbocycles. The molecule has 1 unspecified atom stereocenters. The Morgan fingerprint density at radius 1 is 1.10 bits per heavy atom. The number of hydrogen-bond acceptors (Lipinski definition) is 3. The third-order valence-corrected chi connectivity index (χ3v) is 5.09. The van der Waals surface area contributed by atoms with Gasteiger partial charge in [0.2, 0.25) is 0 Å². The van der Waals surface area contributed by atoms with E-state index in [-0.39, 0.29) is 16.9 Å². The lowest BCUT2D eigenvalue weighted by Gasteiger charge is -2.60. The standard InChI is InChI=1S/C16H21ClO3/c1-11-15(14(2,3)4)9-18-16(20-11,19-10-15)12-5-7-13(17)8-6-12/h5-8,11H,9-10H2,1-4H3. The largest absolute Gasteiger partial charge is 0.323 e. The summed E-state index contributed by atoms with van der Waals surface area (Å²) in [7, 11) is 0. The summed E-state index contributed by atoms with van der Waals surface area (Å²) in [5.74, 6) is -1.07. The quantitative estimate of drug-likeness (QED) is 0.785. The molecule has 0 N–H and O–H groups in total. The van der Waals surface area contributed by atoms with Gasteiger partial charge in [0, 0.05) is 16.0 Å². The van der Waals surface area contributed by atoms with E-state index in [4.69, 9.17) is 25.8 Å². The van der Waals surface area contributed by atoms with Crippen molar-refractivity contribution in [2.24, 2.45) is 10.8 Å². The molecule has 3 fully saturated rings. The first-order valence-corrected chi connectivity index (χ1v) is 7.39. The minimum atomic E-state index is -1.07. The van der Waals surface area contributed by atoms with Crippen LogP contribution in [0.1, 0.15) is 33.3 Å². The highest BCUT2D eigenvalue weighted by molar-refractivity contribution is 6.30. The topological polar surface area (TPSA) is 27.7 Å². The Labute approximate surface area is 125 Å². The summed E-state index contributed by atoms with van der Waals surface area (Å²) in [4.78, 5) is 0. The van der Waals surface area contributed by atoms with Crippen molar-refractivity contribution in [1.29, 1.82) is 0 Å². The maximum Gasteiger partial charge on any atom is 0.312 e. The molecule has 0 aliphatic carbocycles. The van der Waals surface area contributed by atoms with Crippen LogP contribution >= 0.6 is 11.6 Å². The predicted octanol–water partition coefficient (Wildman–Crippen LogP) is 3.95. The van der Waals surface area contributed by atoms with E-state index in [1.54, 1.807) is 0 Å². The van der Waals surface area contributed by atoms with Crippen LogP contribution in [0.2, 0.25) is 5.02 Å². The molecule has 1 atom stereocenters. The van der Waals surface area contributed by atoms with Gasteiger partial charge in [-0.25, -0.2) is 0 Å². The van der Waals surface area contributed by atoms with Gasteiger partial charge in [0.1, 0.15) is 0 Å². The molecule has 4 heteroatoms. The predicted molar refractivity (Wildman–Crippen MR) is 77.5 cm³/mol. The van der Waals surface area contributed by atoms with Gasteiger partial charge in [0.05, 0.1) is 19.3 Å². The molecule has 3 nitrogen and oxygen atoms in total. The molecule has 20 heavy (non-hydrogen) atoms. The van der Waals surface area contributed by atoms with Crippen LogP contribution in [0.25, 0.3) is 0 Å². The van der Waals surface area contributed by atoms with Crippen LogP contribution in [0.15, 0.2) is 24.3 Å². The van der Waals surface area contributed by atoms with Crippen LogP contribution in [-0.4, -0.2) is 19.3 Å². The normalized spacial score (nSPS) is 37.1. The number of halogens is 1. The Bertz CT molecular complexity index is 495. The van der Waals surface area contributed by atoms with Crippen molar-refractivity contribution in [2.45, 2.75) is 39.8 Å². The Balaban J connectivity index is 1.93. The summed E-state index contributed by atoms with van der Waals surface area (Å²) in [5.41, 5.74) is 0.802. The maximum absolute atomic E-state index is 6.14. The van der Waals surface area contributed by atoms with Gasteiger partial charge in [-0.3, -0.25) is 0 Å². The molecule has 0 spiro atoms. The van der Waals surface area contributed by atoms with Gasteiger partial charge in [0.15, 0.2) is 0 Å². The third-order valence-electron chi connectivity index (χ3n) is 4.84. The van der Waals surface area contributed by atoms with Crippen LogP contribution in [0.3, 0.4) is 0 Å². The van der Waals surface area contributed by atoms with E-state index in [9.17, 15) is 0 Å². The minimum absolute atomic E-state index is 0.0546. The van der Waals surface area contributed by atoms with Gasteiger partial charge in [-0.2, -0.15) is 0 Å². The second kappa shape index (κ2) is 4.44. The molecule has 0 amide bonds. The lowest BCUT2D eigenvalue weighted by atomic mass is 9.63. The second-order valence-electron chi connectivity index (χ2n) is 6.81. The van der Waals surface area contributed by atoms with Gasteiger partial charge >= 0.3 is 5.97 Å². The Morgan fingerprint density at radius 3 is 2.10 bits per heavy atom. The fraction of sp³-hybridized carbons (Fsp3) is 0.625. The molecule has 2 bridgehead atoms. The van der Waals surface area contributed by atoms with E-state index < -0.39 is 5.97 Å². The number of rotatable bonds is 1. The molecule has 3 saturated heterocycles. The summed E-state index contributed by atoms with van der Waals surface area (Å²) in [6.45, 7) is 10.0. The number of fused-ring (bicyclic) bond motifs is 3. The van der Waals surface area contributed by atoms with Gasteiger partial charge < -0.3 is 14.2 Å². The van der Waals surface area contributed by atoms with Gasteiger partial charge in [-0.05, 0) is 36.6 Å². The maximum atomic E-state index is 6.14. The van der Waals surface area contributed by atoms with E-state index in [1.807, 2.05) is 24.3 Å². The van der Waals surface area contributed by atoms with Crippen LogP contribution in [0, 0.1) is 10.8 Å². The smallest absolute Gasteiger partial charge is 0.312 e. The molecular formula is C16H21ClO3. The van der Waals surface area contributed by atoms with E-state index in [0.717, 1.165) is 5.56 Å². The van der Waals surface area contributed by atoms with Crippen molar-refractivity contribution in [3.63, 3.8) is 0 Å². The van der Waals surface area contributed by atoms with Gasteiger partial charge in [-0.1, -0.05) is 32.4 Å². The zero-order valence-electron chi connectivity index (χ0n) is 12.4. The van der Waals surface area contributed by atoms with Crippen molar-refractivity contribution in [2.75, 3.05) is 13.2 Å². The molecule has 0 radical (unpaired) electrons. The van der Waals surface area contributed by atoms with E-state index in [2.05, 4.69) is 27.7 Å². The first-order valence-electron chi connectivity index (χ1n) is 7.01. The highest BCUT2D eigenvalue weighted by Gasteiger charge is 2.61. The number of hydrogen-bond donors (Lipinski definition) is 0. The zero-order chi connectivity index (χ0) is 14.6. The summed E-state index contributed by atoms with van der Waals surface area (Å²) >= 11 is 5.94. The number of ether oxygens (including phenoxy) is 3. The van der Waals surface area contributed by atoms with Crippen LogP contribution in [0.5, 0.6) is 0 Å². The average molecular weight is 297 g/mol. The molecule has 0 aromatic heterocycles. The molecule has 4 rings (SSSR count). The summed E-state index contributed by atoms with van der Waals surface area (Å²) in [6, 6.07) is 7.44. The average Bonchev–Trinajstić information content (AvgIpc) is 2.39. The van der Waals surface area contributed by atoms with E-state index in [1.165, 1.54) is 0 Å². The lowest BCUT2D eigenvalue weighted by Crippen LogP contribution is -2.66.